The molecule has 0 aliphatic carbocycles. The molecule has 1 rings (SSSR count). The Kier molecular flexibility index (Phi) is 4.85. The van der Waals surface area contributed by atoms with Crippen LogP contribution in [0.25, 0.3) is 6.08 Å². The van der Waals surface area contributed by atoms with E-state index in [9.17, 15) is 14.0 Å². The van der Waals surface area contributed by atoms with E-state index in [1.807, 2.05) is 0 Å². The number of hydrogen-bond donors (Lipinski definition) is 1. The minimum Gasteiger partial charge on any atom is -0.478 e. The van der Waals surface area contributed by atoms with Gasteiger partial charge in [-0.3, -0.25) is 4.79 Å². The second kappa shape index (κ2) is 6.16. The number of carbonyl (C=O) groups is 2. The maximum absolute atomic E-state index is 13.5. The van der Waals surface area contributed by atoms with E-state index in [0.29, 0.717) is 0 Å². The van der Waals surface area contributed by atoms with E-state index in [0.717, 1.165) is 6.07 Å². The summed E-state index contributed by atoms with van der Waals surface area (Å²) in [5.41, 5.74) is -0.201. The number of carboxylic acids is 1. The molecule has 0 saturated heterocycles. The molecule has 0 fully saturated rings. The summed E-state index contributed by atoms with van der Waals surface area (Å²) in [6, 6.07) is 2.02. The van der Waals surface area contributed by atoms with Crippen LogP contribution in [0.5, 0.6) is 0 Å². The standard InChI is InChI=1S/C12H10ClFO4/c1-18-11(15)4-2-3-7-5-9(13)8(12(16)17)6-10(7)14/h2-3,5-6H,4H2,1H3,(H,16,17). The van der Waals surface area contributed by atoms with E-state index in [2.05, 4.69) is 4.74 Å². The van der Waals surface area contributed by atoms with Crippen molar-refractivity contribution in [2.75, 3.05) is 7.11 Å². The van der Waals surface area contributed by atoms with Crippen molar-refractivity contribution in [1.29, 1.82) is 0 Å². The highest BCUT2D eigenvalue weighted by Crippen LogP contribution is 2.22. The number of rotatable bonds is 4. The third kappa shape index (κ3) is 3.56. The molecule has 0 saturated carbocycles. The molecule has 0 bridgehead atoms. The number of hydrogen-bond acceptors (Lipinski definition) is 3. The Labute approximate surface area is 108 Å². The van der Waals surface area contributed by atoms with Crippen molar-refractivity contribution in [3.63, 3.8) is 0 Å². The van der Waals surface area contributed by atoms with Gasteiger partial charge in [0.15, 0.2) is 0 Å². The average Bonchev–Trinajstić information content (AvgIpc) is 2.32. The highest BCUT2D eigenvalue weighted by atomic mass is 35.5. The summed E-state index contributed by atoms with van der Waals surface area (Å²) in [6.45, 7) is 0. The first-order chi connectivity index (χ1) is 8.45. The fraction of sp³-hybridized carbons (Fsp3) is 0.167. The van der Waals surface area contributed by atoms with Gasteiger partial charge in [0, 0.05) is 5.56 Å². The first-order valence-corrected chi connectivity index (χ1v) is 5.29. The molecule has 0 aliphatic heterocycles. The van der Waals surface area contributed by atoms with Crippen LogP contribution in [0.2, 0.25) is 5.02 Å². The molecule has 0 amide bonds. The van der Waals surface area contributed by atoms with E-state index in [1.54, 1.807) is 0 Å². The van der Waals surface area contributed by atoms with Crippen molar-refractivity contribution in [2.24, 2.45) is 0 Å². The van der Waals surface area contributed by atoms with Crippen LogP contribution in [0, 0.1) is 5.82 Å². The molecule has 0 heterocycles. The highest BCUT2D eigenvalue weighted by molar-refractivity contribution is 6.33. The predicted octanol–water partition coefficient (Wildman–Crippen LogP) is 2.75. The topological polar surface area (TPSA) is 63.6 Å². The molecular formula is C12H10ClFO4. The number of ether oxygens (including phenoxy) is 1. The predicted molar refractivity (Wildman–Crippen MR) is 64.0 cm³/mol. The Morgan fingerprint density at radius 1 is 1.50 bits per heavy atom. The molecule has 0 radical (unpaired) electrons. The second-order valence-electron chi connectivity index (χ2n) is 3.34. The lowest BCUT2D eigenvalue weighted by Crippen LogP contribution is -2.00. The minimum atomic E-state index is -1.30. The van der Waals surface area contributed by atoms with Gasteiger partial charge in [-0.25, -0.2) is 9.18 Å². The van der Waals surface area contributed by atoms with E-state index < -0.39 is 17.8 Å². The van der Waals surface area contributed by atoms with Gasteiger partial charge < -0.3 is 9.84 Å². The lowest BCUT2D eigenvalue weighted by atomic mass is 10.1. The van der Waals surface area contributed by atoms with Crippen molar-refractivity contribution in [2.45, 2.75) is 6.42 Å². The Balaban J connectivity index is 2.95. The van der Waals surface area contributed by atoms with Gasteiger partial charge in [-0.05, 0) is 12.1 Å². The zero-order valence-electron chi connectivity index (χ0n) is 9.44. The molecule has 96 valence electrons. The van der Waals surface area contributed by atoms with Crippen molar-refractivity contribution < 1.29 is 23.8 Å². The Morgan fingerprint density at radius 2 is 2.17 bits per heavy atom. The van der Waals surface area contributed by atoms with E-state index >= 15 is 0 Å². The van der Waals surface area contributed by atoms with E-state index in [1.165, 1.54) is 25.3 Å². The molecule has 1 aromatic carbocycles. The quantitative estimate of drug-likeness (QED) is 0.856. The van der Waals surface area contributed by atoms with Crippen LogP contribution in [0.15, 0.2) is 18.2 Å². The Morgan fingerprint density at radius 3 is 2.72 bits per heavy atom. The molecule has 18 heavy (non-hydrogen) atoms. The third-order valence-electron chi connectivity index (χ3n) is 2.13. The summed E-state index contributed by atoms with van der Waals surface area (Å²) in [5.74, 6) is -2.48. The molecule has 4 nitrogen and oxygen atoms in total. The number of halogens is 2. The zero-order chi connectivity index (χ0) is 13.7. The molecule has 6 heteroatoms. The Hall–Kier alpha value is -1.88. The average molecular weight is 273 g/mol. The van der Waals surface area contributed by atoms with Crippen molar-refractivity contribution >= 4 is 29.6 Å². The fourth-order valence-electron chi connectivity index (χ4n) is 1.22. The summed E-state index contributed by atoms with van der Waals surface area (Å²) < 4.78 is 17.9. The molecule has 1 aromatic rings. The van der Waals surface area contributed by atoms with Crippen LogP contribution in [0.4, 0.5) is 4.39 Å². The number of methoxy groups -OCH3 is 1. The number of carbonyl (C=O) groups excluding carboxylic acids is 1. The highest BCUT2D eigenvalue weighted by Gasteiger charge is 2.12. The molecule has 0 aliphatic rings. The normalized spacial score (nSPS) is 10.6. The number of benzene rings is 1. The van der Waals surface area contributed by atoms with Crippen LogP contribution >= 0.6 is 11.6 Å². The molecule has 1 N–H and O–H groups in total. The van der Waals surface area contributed by atoms with Gasteiger partial charge in [0.1, 0.15) is 5.82 Å². The largest absolute Gasteiger partial charge is 0.478 e. The number of esters is 1. The van der Waals surface area contributed by atoms with Gasteiger partial charge in [0.25, 0.3) is 0 Å². The summed E-state index contributed by atoms with van der Waals surface area (Å²) in [4.78, 5) is 21.5. The summed E-state index contributed by atoms with van der Waals surface area (Å²) in [5, 5.41) is 8.66. The van der Waals surface area contributed by atoms with Crippen LogP contribution in [0.1, 0.15) is 22.3 Å². The molecule has 0 aromatic heterocycles. The van der Waals surface area contributed by atoms with Gasteiger partial charge in [0.2, 0.25) is 0 Å². The summed E-state index contributed by atoms with van der Waals surface area (Å²) in [6.07, 6.45) is 2.74. The number of carboxylic acid groups (broad SMARTS) is 1. The first-order valence-electron chi connectivity index (χ1n) is 4.91. The second-order valence-corrected chi connectivity index (χ2v) is 3.75. The van der Waals surface area contributed by atoms with Crippen LogP contribution in [0.3, 0.4) is 0 Å². The van der Waals surface area contributed by atoms with Gasteiger partial charge in [0.05, 0.1) is 24.1 Å². The molecule has 0 unspecified atom stereocenters. The van der Waals surface area contributed by atoms with Gasteiger partial charge in [-0.2, -0.15) is 0 Å². The monoisotopic (exact) mass is 272 g/mol. The van der Waals surface area contributed by atoms with Crippen LogP contribution in [-0.4, -0.2) is 24.2 Å². The van der Waals surface area contributed by atoms with Crippen LogP contribution < -0.4 is 0 Å². The molecular weight excluding hydrogens is 263 g/mol. The van der Waals surface area contributed by atoms with Gasteiger partial charge in [-0.15, -0.1) is 0 Å². The SMILES string of the molecule is COC(=O)CC=Cc1cc(Cl)c(C(=O)O)cc1F. The summed E-state index contributed by atoms with van der Waals surface area (Å²) >= 11 is 5.69. The maximum Gasteiger partial charge on any atom is 0.337 e. The lowest BCUT2D eigenvalue weighted by Gasteiger charge is -2.02. The lowest BCUT2D eigenvalue weighted by molar-refractivity contribution is -0.139. The van der Waals surface area contributed by atoms with Crippen molar-refractivity contribution in [1.82, 2.24) is 0 Å². The smallest absolute Gasteiger partial charge is 0.337 e. The van der Waals surface area contributed by atoms with E-state index in [4.69, 9.17) is 16.7 Å². The maximum atomic E-state index is 13.5. The minimum absolute atomic E-state index is 0.00571. The van der Waals surface area contributed by atoms with Gasteiger partial charge in [-0.1, -0.05) is 23.8 Å². The van der Waals surface area contributed by atoms with Crippen LogP contribution in [-0.2, 0) is 9.53 Å². The first kappa shape index (κ1) is 14.2. The van der Waals surface area contributed by atoms with E-state index in [-0.39, 0.29) is 22.6 Å². The van der Waals surface area contributed by atoms with Gasteiger partial charge >= 0.3 is 11.9 Å². The molecule has 0 atom stereocenters. The van der Waals surface area contributed by atoms with Crippen molar-refractivity contribution in [3.05, 3.63) is 40.2 Å². The molecule has 0 spiro atoms. The third-order valence-corrected chi connectivity index (χ3v) is 2.44. The number of aromatic carboxylic acids is 1. The summed E-state index contributed by atoms with van der Waals surface area (Å²) in [7, 11) is 1.25. The Bertz CT molecular complexity index is 511. The van der Waals surface area contributed by atoms with Crippen molar-refractivity contribution in [3.8, 4) is 0 Å². The zero-order valence-corrected chi connectivity index (χ0v) is 10.2. The fourth-order valence-corrected chi connectivity index (χ4v) is 1.47.